The van der Waals surface area contributed by atoms with E-state index in [1.807, 2.05) is 38.0 Å². The third-order valence-electron chi connectivity index (χ3n) is 6.05. The van der Waals surface area contributed by atoms with Crippen LogP contribution >= 0.6 is 22.7 Å². The molecule has 4 atom stereocenters. The minimum absolute atomic E-state index is 0.0348. The molecule has 38 heavy (non-hydrogen) atoms. The van der Waals surface area contributed by atoms with Crippen molar-refractivity contribution in [3.63, 3.8) is 0 Å². The Bertz CT molecular complexity index is 1010. The molecule has 0 saturated heterocycles. The molecule has 2 heterocycles. The molecule has 0 fully saturated rings. The molecule has 0 bridgehead atoms. The number of carbonyl (C=O) groups excluding carboxylic acids is 2. The Morgan fingerprint density at radius 3 is 1.63 bits per heavy atom. The second kappa shape index (κ2) is 16.9. The molecule has 3 N–H and O–H groups in total. The Balaban J connectivity index is 0.000000382. The van der Waals surface area contributed by atoms with Gasteiger partial charge >= 0.3 is 5.97 Å². The highest BCUT2D eigenvalue weighted by molar-refractivity contribution is 7.10. The summed E-state index contributed by atoms with van der Waals surface area (Å²) in [5.74, 6) is -0.529. The lowest BCUT2D eigenvalue weighted by atomic mass is 9.86. The fourth-order valence-corrected chi connectivity index (χ4v) is 5.54. The summed E-state index contributed by atoms with van der Waals surface area (Å²) in [6.45, 7) is 10.1. The van der Waals surface area contributed by atoms with Gasteiger partial charge in [-0.2, -0.15) is 0 Å². The Labute approximate surface area is 234 Å². The number of carboxylic acid groups (broad SMARTS) is 1. The van der Waals surface area contributed by atoms with Crippen molar-refractivity contribution in [2.75, 3.05) is 14.1 Å². The first-order valence-electron chi connectivity index (χ1n) is 12.3. The van der Waals surface area contributed by atoms with Gasteiger partial charge in [-0.25, -0.2) is 14.8 Å². The van der Waals surface area contributed by atoms with Gasteiger partial charge in [-0.1, -0.05) is 27.7 Å². The summed E-state index contributed by atoms with van der Waals surface area (Å²) in [6.07, 6.45) is 1.01. The molecule has 2 aromatic rings. The predicted molar refractivity (Wildman–Crippen MR) is 153 cm³/mol. The van der Waals surface area contributed by atoms with E-state index in [1.165, 1.54) is 31.5 Å². The topological polar surface area (TPSA) is 144 Å². The van der Waals surface area contributed by atoms with Gasteiger partial charge in [0.15, 0.2) is 5.69 Å². The van der Waals surface area contributed by atoms with Gasteiger partial charge < -0.3 is 34.5 Å². The summed E-state index contributed by atoms with van der Waals surface area (Å²) in [7, 11) is 6.56. The van der Waals surface area contributed by atoms with Crippen LogP contribution in [0.25, 0.3) is 0 Å². The summed E-state index contributed by atoms with van der Waals surface area (Å²) >= 11 is 2.60. The van der Waals surface area contributed by atoms with Gasteiger partial charge in [0.05, 0.1) is 12.4 Å². The van der Waals surface area contributed by atoms with E-state index in [0.29, 0.717) is 30.0 Å². The number of rotatable bonds is 15. The van der Waals surface area contributed by atoms with Crippen LogP contribution in [0.5, 0.6) is 0 Å². The molecule has 0 saturated carbocycles. The van der Waals surface area contributed by atoms with Gasteiger partial charge in [-0.15, -0.1) is 22.7 Å². The normalized spacial score (nSPS) is 14.6. The predicted octanol–water partition coefficient (Wildman–Crippen LogP) is 2.67. The van der Waals surface area contributed by atoms with Crippen molar-refractivity contribution >= 4 is 55.8 Å². The summed E-state index contributed by atoms with van der Waals surface area (Å²) in [4.78, 5) is 43.7. The molecule has 0 unspecified atom stereocenters. The van der Waals surface area contributed by atoms with Crippen LogP contribution in [0.4, 0.5) is 0 Å². The van der Waals surface area contributed by atoms with Gasteiger partial charge in [-0.3, -0.25) is 0 Å². The maximum Gasteiger partial charge on any atom is 0.355 e. The number of aryl methyl sites for hydroxylation is 1. The Kier molecular flexibility index (Phi) is 15.1. The summed E-state index contributed by atoms with van der Waals surface area (Å²) in [5.41, 5.74) is 0.876. The minimum Gasteiger partial charge on any atom is -0.476 e. The molecule has 2 rings (SSSR count). The highest BCUT2D eigenvalue weighted by atomic mass is 32.1. The monoisotopic (exact) mass is 564 g/mol. The number of aromatic nitrogens is 2. The van der Waals surface area contributed by atoms with E-state index in [4.69, 9.17) is 5.11 Å². The smallest absolute Gasteiger partial charge is 0.355 e. The lowest BCUT2D eigenvalue weighted by Gasteiger charge is -2.31. The second-order valence-electron chi connectivity index (χ2n) is 9.73. The van der Waals surface area contributed by atoms with Crippen LogP contribution in [-0.2, 0) is 9.59 Å². The highest BCUT2D eigenvalue weighted by Crippen LogP contribution is 2.27. The zero-order valence-corrected chi connectivity index (χ0v) is 24.6. The summed E-state index contributed by atoms with van der Waals surface area (Å²) < 4.78 is 0. The molecule has 208 valence electrons. The molecule has 0 aliphatic rings. The molecular formula is C24H38B2N4O6S2. The maximum atomic E-state index is 10.8. The van der Waals surface area contributed by atoms with Gasteiger partial charge in [0.1, 0.15) is 22.2 Å². The fourth-order valence-electron chi connectivity index (χ4n) is 3.95. The van der Waals surface area contributed by atoms with Gasteiger partial charge in [-0.05, 0) is 45.7 Å². The van der Waals surface area contributed by atoms with E-state index in [2.05, 4.69) is 23.8 Å². The fraction of sp³-hybridized carbons (Fsp3) is 0.625. The number of hydrogen-bond acceptors (Lipinski definition) is 11. The average molecular weight is 564 g/mol. The number of nitrogens with zero attached hydrogens (tertiary/aromatic N) is 4. The van der Waals surface area contributed by atoms with Gasteiger partial charge in [0, 0.05) is 28.5 Å². The van der Waals surface area contributed by atoms with Crippen molar-refractivity contribution in [1.29, 1.82) is 0 Å². The van der Waals surface area contributed by atoms with Crippen LogP contribution in [0.2, 0.25) is 0 Å². The first-order chi connectivity index (χ1) is 17.8. The number of aliphatic hydroxyl groups is 2. The van der Waals surface area contributed by atoms with Gasteiger partial charge in [0.2, 0.25) is 0 Å². The van der Waals surface area contributed by atoms with Crippen LogP contribution in [-0.4, -0.2) is 94.3 Å². The van der Waals surface area contributed by atoms with Gasteiger partial charge in [0.25, 0.3) is 14.8 Å². The summed E-state index contributed by atoms with van der Waals surface area (Å²) in [6, 6.07) is 0.0850. The molecule has 10 nitrogen and oxygen atoms in total. The Morgan fingerprint density at radius 2 is 1.32 bits per heavy atom. The zero-order valence-electron chi connectivity index (χ0n) is 23.0. The number of aromatic carboxylic acids is 1. The van der Waals surface area contributed by atoms with E-state index in [-0.39, 0.29) is 23.7 Å². The second-order valence-corrected chi connectivity index (χ2v) is 11.5. The van der Waals surface area contributed by atoms with Crippen LogP contribution in [0, 0.1) is 18.8 Å². The summed E-state index contributed by atoms with van der Waals surface area (Å²) in [5, 5.41) is 33.7. The van der Waals surface area contributed by atoms with Crippen molar-refractivity contribution in [2.45, 2.75) is 71.8 Å². The molecule has 2 aromatic heterocycles. The van der Waals surface area contributed by atoms with Crippen molar-refractivity contribution in [1.82, 2.24) is 19.6 Å². The van der Waals surface area contributed by atoms with E-state index in [1.54, 1.807) is 11.9 Å². The van der Waals surface area contributed by atoms with E-state index in [0.717, 1.165) is 28.2 Å². The molecule has 0 aromatic carbocycles. The van der Waals surface area contributed by atoms with E-state index in [9.17, 15) is 24.6 Å². The van der Waals surface area contributed by atoms with E-state index < -0.39 is 18.2 Å². The molecular weight excluding hydrogens is 526 g/mol. The van der Waals surface area contributed by atoms with Crippen LogP contribution in [0.3, 0.4) is 0 Å². The molecule has 0 aliphatic carbocycles. The largest absolute Gasteiger partial charge is 0.476 e. The van der Waals surface area contributed by atoms with Crippen LogP contribution in [0.1, 0.15) is 78.9 Å². The van der Waals surface area contributed by atoms with Crippen LogP contribution in [0.15, 0.2) is 10.8 Å². The number of carboxylic acids is 1. The Morgan fingerprint density at radius 1 is 0.895 bits per heavy atom. The lowest BCUT2D eigenvalue weighted by molar-refractivity contribution is 0.0690. The number of thiazole rings is 2. The molecule has 0 amide bonds. The SMILES string of the molecule is CC(C)[C@@H](C[C@H](O)c1nc(C(=O)O)cs1)N(C)[B]C=O.Cc1csc([C@H](O)C[C@@H](C(C)C)N(C)[B]C=O)n1. The van der Waals surface area contributed by atoms with Crippen molar-refractivity contribution in [2.24, 2.45) is 11.8 Å². The average Bonchev–Trinajstić information content (AvgIpc) is 3.50. The third kappa shape index (κ3) is 11.0. The zero-order chi connectivity index (χ0) is 29.0. The molecule has 0 aliphatic heterocycles. The Hall–Kier alpha value is -1.96. The molecule has 2 radical (unpaired) electrons. The quantitative estimate of drug-likeness (QED) is 0.218. The first kappa shape index (κ1) is 34.1. The van der Waals surface area contributed by atoms with Crippen LogP contribution < -0.4 is 0 Å². The number of hydrogen-bond donors (Lipinski definition) is 3. The first-order valence-corrected chi connectivity index (χ1v) is 14.1. The van der Waals surface area contributed by atoms with Crippen molar-refractivity contribution in [3.8, 4) is 0 Å². The third-order valence-corrected chi connectivity index (χ3v) is 8.06. The number of aliphatic hydroxyl groups excluding tert-OH is 2. The maximum absolute atomic E-state index is 10.8. The molecule has 0 spiro atoms. The van der Waals surface area contributed by atoms with E-state index >= 15 is 0 Å². The molecule has 14 heteroatoms. The number of carbonyl (C=O) groups is 3. The standard InChI is InChI=1S/C12H18BN2O4S.C12H20BN2O2S/c1-7(2)9(15(3)13-6-16)4-10(17)11-14-8(5-20-11)12(18)19;1-8(2)10(15(4)13-7-16)5-11(17)12-14-9(3)6-18-12/h5-7,9-10,17H,4H2,1-3H3,(H,18,19);6-8,10-11,17H,5H2,1-4H3/t9-,10+;10-,11+/m10/s1. The van der Waals surface area contributed by atoms with Crippen molar-refractivity contribution < 1.29 is 29.7 Å². The lowest BCUT2D eigenvalue weighted by Crippen LogP contribution is -2.40. The minimum atomic E-state index is -1.11. The van der Waals surface area contributed by atoms with Crippen molar-refractivity contribution in [3.05, 3.63) is 32.2 Å². The highest BCUT2D eigenvalue weighted by Gasteiger charge is 2.26.